The molecular formula is C50H31N3. The smallest absolute Gasteiger partial charge is 0.189 e. The van der Waals surface area contributed by atoms with Crippen LogP contribution in [0.5, 0.6) is 0 Å². The Labute approximate surface area is 307 Å². The lowest BCUT2D eigenvalue weighted by Gasteiger charge is -2.19. The normalized spacial score (nSPS) is 11.4. The Bertz CT molecular complexity index is 3020. The van der Waals surface area contributed by atoms with E-state index in [9.17, 15) is 0 Å². The highest BCUT2D eigenvalue weighted by Gasteiger charge is 2.20. The van der Waals surface area contributed by atoms with Crippen molar-refractivity contribution in [2.45, 2.75) is 0 Å². The maximum absolute atomic E-state index is 7.68. The number of nitrogens with zero attached hydrogens (tertiary/aromatic N) is 3. The zero-order valence-corrected chi connectivity index (χ0v) is 28.7. The number of fused-ring (bicyclic) bond motifs is 4. The highest BCUT2D eigenvalue weighted by Crippen LogP contribution is 2.45. The van der Waals surface area contributed by atoms with Crippen LogP contribution in [0.4, 0.5) is 5.69 Å². The van der Waals surface area contributed by atoms with Crippen molar-refractivity contribution in [3.05, 3.63) is 199 Å². The van der Waals surface area contributed by atoms with Crippen LogP contribution in [0.25, 0.3) is 98.7 Å². The Kier molecular flexibility index (Phi) is 7.20. The van der Waals surface area contributed by atoms with Crippen LogP contribution in [0.15, 0.2) is 188 Å². The molecule has 0 spiro atoms. The first-order valence-electron chi connectivity index (χ1n) is 17.8. The van der Waals surface area contributed by atoms with Gasteiger partial charge in [-0.3, -0.25) is 4.57 Å². The molecule has 10 rings (SSSR count). The van der Waals surface area contributed by atoms with E-state index >= 15 is 0 Å². The number of rotatable bonds is 5. The van der Waals surface area contributed by atoms with Gasteiger partial charge in [0.15, 0.2) is 5.69 Å². The van der Waals surface area contributed by atoms with Crippen LogP contribution in [0, 0.1) is 6.57 Å². The van der Waals surface area contributed by atoms with Crippen LogP contribution in [0.1, 0.15) is 0 Å². The van der Waals surface area contributed by atoms with Crippen molar-refractivity contribution in [2.24, 2.45) is 0 Å². The topological polar surface area (TPSA) is 22.2 Å². The molecule has 0 atom stereocenters. The first-order valence-corrected chi connectivity index (χ1v) is 17.8. The average Bonchev–Trinajstić information content (AvgIpc) is 3.62. The summed E-state index contributed by atoms with van der Waals surface area (Å²) in [6.45, 7) is 7.68. The van der Waals surface area contributed by atoms with E-state index in [0.29, 0.717) is 5.69 Å². The predicted molar refractivity (Wildman–Crippen MR) is 222 cm³/mol. The predicted octanol–water partition coefficient (Wildman–Crippen LogP) is 13.7. The van der Waals surface area contributed by atoms with Crippen molar-refractivity contribution in [1.29, 1.82) is 0 Å². The highest BCUT2D eigenvalue weighted by atomic mass is 15.1. The van der Waals surface area contributed by atoms with Gasteiger partial charge in [-0.25, -0.2) is 9.83 Å². The molecule has 0 unspecified atom stereocenters. The summed E-state index contributed by atoms with van der Waals surface area (Å²) in [5.74, 6) is 0.832. The third-order valence-electron chi connectivity index (χ3n) is 10.4. The van der Waals surface area contributed by atoms with Gasteiger partial charge in [-0.1, -0.05) is 152 Å². The van der Waals surface area contributed by atoms with Gasteiger partial charge in [0.2, 0.25) is 0 Å². The molecule has 0 saturated carbocycles. The fraction of sp³-hybridized carbons (Fsp3) is 0. The standard InChI is InChI=1S/C50H31N3/c1-51-40-27-28-47-46(32-40)52-50(39-19-11-17-36(30-39)33-13-3-2-4-14-33)53(47)41-20-12-18-37(31-41)48-42-21-7-9-23-44(42)49(45-24-10-8-22-43(45)48)38-26-25-34-15-5-6-16-35(34)29-38/h2-32H. The molecule has 9 aromatic carbocycles. The summed E-state index contributed by atoms with van der Waals surface area (Å²) >= 11 is 0. The molecule has 3 heteroatoms. The summed E-state index contributed by atoms with van der Waals surface area (Å²) in [6.07, 6.45) is 0. The SMILES string of the molecule is [C-]#[N+]c1ccc2c(c1)nc(-c1cccc(-c3ccccc3)c1)n2-c1cccc(-c2c3ccccc3c(-c3ccc4ccccc4c3)c3ccccc23)c1. The second-order valence-corrected chi connectivity index (χ2v) is 13.5. The van der Waals surface area contributed by atoms with Crippen LogP contribution in [0.2, 0.25) is 0 Å². The molecule has 1 aromatic heterocycles. The van der Waals surface area contributed by atoms with Gasteiger partial charge in [0, 0.05) is 11.3 Å². The summed E-state index contributed by atoms with van der Waals surface area (Å²) in [4.78, 5) is 8.91. The van der Waals surface area contributed by atoms with Crippen LogP contribution < -0.4 is 0 Å². The first kappa shape index (κ1) is 30.5. The van der Waals surface area contributed by atoms with E-state index in [1.165, 1.54) is 49.0 Å². The summed E-state index contributed by atoms with van der Waals surface area (Å²) in [6, 6.07) is 66.6. The molecule has 0 amide bonds. The largest absolute Gasteiger partial charge is 0.292 e. The van der Waals surface area contributed by atoms with Gasteiger partial charge in [-0.2, -0.15) is 0 Å². The molecule has 0 radical (unpaired) electrons. The molecule has 10 aromatic rings. The summed E-state index contributed by atoms with van der Waals surface area (Å²) in [5, 5.41) is 7.33. The zero-order valence-electron chi connectivity index (χ0n) is 28.7. The first-order chi connectivity index (χ1) is 26.2. The minimum atomic E-state index is 0.574. The fourth-order valence-corrected chi connectivity index (χ4v) is 7.96. The van der Waals surface area contributed by atoms with Crippen molar-refractivity contribution in [1.82, 2.24) is 9.55 Å². The maximum atomic E-state index is 7.68. The van der Waals surface area contributed by atoms with Gasteiger partial charge in [-0.05, 0) is 102 Å². The molecular weight excluding hydrogens is 643 g/mol. The van der Waals surface area contributed by atoms with Crippen molar-refractivity contribution in [3.63, 3.8) is 0 Å². The van der Waals surface area contributed by atoms with Gasteiger partial charge in [0.05, 0.1) is 17.6 Å². The van der Waals surface area contributed by atoms with Crippen molar-refractivity contribution in [2.75, 3.05) is 0 Å². The molecule has 0 bridgehead atoms. The van der Waals surface area contributed by atoms with E-state index in [-0.39, 0.29) is 0 Å². The number of benzene rings is 9. The lowest BCUT2D eigenvalue weighted by atomic mass is 9.85. The van der Waals surface area contributed by atoms with Crippen LogP contribution in [0.3, 0.4) is 0 Å². The third-order valence-corrected chi connectivity index (χ3v) is 10.4. The molecule has 0 aliphatic carbocycles. The second-order valence-electron chi connectivity index (χ2n) is 13.5. The van der Waals surface area contributed by atoms with E-state index in [2.05, 4.69) is 173 Å². The fourth-order valence-electron chi connectivity index (χ4n) is 7.96. The minimum Gasteiger partial charge on any atom is -0.292 e. The van der Waals surface area contributed by atoms with Gasteiger partial charge < -0.3 is 0 Å². The highest BCUT2D eigenvalue weighted by molar-refractivity contribution is 6.21. The molecule has 0 aliphatic heterocycles. The maximum Gasteiger partial charge on any atom is 0.189 e. The van der Waals surface area contributed by atoms with Crippen LogP contribution in [-0.2, 0) is 0 Å². The number of hydrogen-bond acceptors (Lipinski definition) is 1. The Hall–Kier alpha value is -7.28. The summed E-state index contributed by atoms with van der Waals surface area (Å²) < 4.78 is 2.24. The summed E-state index contributed by atoms with van der Waals surface area (Å²) in [5.41, 5.74) is 11.4. The quantitative estimate of drug-likeness (QED) is 0.132. The number of aromatic nitrogens is 2. The average molecular weight is 674 g/mol. The number of hydrogen-bond donors (Lipinski definition) is 0. The number of imidazole rings is 1. The molecule has 0 fully saturated rings. The monoisotopic (exact) mass is 673 g/mol. The van der Waals surface area contributed by atoms with E-state index in [1.54, 1.807) is 0 Å². The molecule has 53 heavy (non-hydrogen) atoms. The molecule has 0 N–H and O–H groups in total. The Morgan fingerprint density at radius 1 is 0.415 bits per heavy atom. The molecule has 1 heterocycles. The minimum absolute atomic E-state index is 0.574. The van der Waals surface area contributed by atoms with E-state index in [4.69, 9.17) is 11.6 Å². The van der Waals surface area contributed by atoms with Crippen molar-refractivity contribution in [3.8, 4) is 50.5 Å². The van der Waals surface area contributed by atoms with Crippen LogP contribution in [-0.4, -0.2) is 9.55 Å². The van der Waals surface area contributed by atoms with Gasteiger partial charge in [0.1, 0.15) is 5.82 Å². The third kappa shape index (κ3) is 5.16. The summed E-state index contributed by atoms with van der Waals surface area (Å²) in [7, 11) is 0. The van der Waals surface area contributed by atoms with Crippen molar-refractivity contribution < 1.29 is 0 Å². The molecule has 246 valence electrons. The Morgan fingerprint density at radius 2 is 1.00 bits per heavy atom. The molecule has 0 aliphatic rings. The van der Waals surface area contributed by atoms with Crippen molar-refractivity contribution >= 4 is 49.0 Å². The lowest BCUT2D eigenvalue weighted by Crippen LogP contribution is -1.98. The molecule has 0 saturated heterocycles. The van der Waals surface area contributed by atoms with Crippen LogP contribution >= 0.6 is 0 Å². The van der Waals surface area contributed by atoms with E-state index < -0.39 is 0 Å². The van der Waals surface area contributed by atoms with Gasteiger partial charge >= 0.3 is 0 Å². The van der Waals surface area contributed by atoms with E-state index in [1.807, 2.05) is 24.3 Å². The molecule has 3 nitrogen and oxygen atoms in total. The second kappa shape index (κ2) is 12.5. The zero-order chi connectivity index (χ0) is 35.3. The Balaban J connectivity index is 1.21. The van der Waals surface area contributed by atoms with E-state index in [0.717, 1.165) is 44.8 Å². The lowest BCUT2D eigenvalue weighted by molar-refractivity contribution is 1.10. The Morgan fingerprint density at radius 3 is 1.72 bits per heavy atom. The van der Waals surface area contributed by atoms with Gasteiger partial charge in [0.25, 0.3) is 0 Å². The van der Waals surface area contributed by atoms with Gasteiger partial charge in [-0.15, -0.1) is 0 Å².